The molecular formula is C18H14N4S2. The van der Waals surface area contributed by atoms with Gasteiger partial charge in [-0.1, -0.05) is 54.7 Å². The van der Waals surface area contributed by atoms with Gasteiger partial charge in [0.15, 0.2) is 11.6 Å². The van der Waals surface area contributed by atoms with Gasteiger partial charge in [0.25, 0.3) is 0 Å². The largest absolute Gasteiger partial charge is 0.342 e. The van der Waals surface area contributed by atoms with Gasteiger partial charge < -0.3 is 4.90 Å². The van der Waals surface area contributed by atoms with E-state index >= 15 is 0 Å². The zero-order chi connectivity index (χ0) is 16.1. The molecule has 1 atom stereocenters. The minimum absolute atomic E-state index is 0.180. The third-order valence-corrected chi connectivity index (χ3v) is 6.00. The number of thioether (sulfide) groups is 1. The van der Waals surface area contributed by atoms with Crippen LogP contribution < -0.4 is 0 Å². The molecule has 2 aliphatic heterocycles. The molecule has 4 nitrogen and oxygen atoms in total. The molecule has 1 aromatic heterocycles. The van der Waals surface area contributed by atoms with E-state index in [1.165, 1.54) is 0 Å². The van der Waals surface area contributed by atoms with Crippen LogP contribution in [0.3, 0.4) is 0 Å². The Morgan fingerprint density at radius 1 is 1.00 bits per heavy atom. The fraction of sp³-hybridized carbons (Fsp3) is 0.167. The molecule has 0 saturated carbocycles. The smallest absolute Gasteiger partial charge is 0.168 e. The van der Waals surface area contributed by atoms with Crippen LogP contribution in [0.1, 0.15) is 17.4 Å². The summed E-state index contributed by atoms with van der Waals surface area (Å²) in [5.41, 5.74) is 3.22. The molecule has 0 amide bonds. The number of fused-ring (bicyclic) bond motifs is 5. The van der Waals surface area contributed by atoms with Crippen molar-refractivity contribution in [2.45, 2.75) is 6.04 Å². The molecule has 3 aromatic rings. The van der Waals surface area contributed by atoms with E-state index in [0.717, 1.165) is 45.1 Å². The molecule has 1 fully saturated rings. The number of thiocarbonyl (C=S) groups is 1. The molecular weight excluding hydrogens is 336 g/mol. The summed E-state index contributed by atoms with van der Waals surface area (Å²) < 4.78 is 2.19. The molecule has 0 unspecified atom stereocenters. The van der Waals surface area contributed by atoms with Crippen LogP contribution >= 0.6 is 24.0 Å². The fourth-order valence-corrected chi connectivity index (χ4v) is 4.99. The second kappa shape index (κ2) is 5.43. The van der Waals surface area contributed by atoms with Gasteiger partial charge in [-0.2, -0.15) is 0 Å². The highest BCUT2D eigenvalue weighted by molar-refractivity contribution is 7.99. The van der Waals surface area contributed by atoms with Crippen molar-refractivity contribution in [3.8, 4) is 17.1 Å². The van der Waals surface area contributed by atoms with Gasteiger partial charge in [0.2, 0.25) is 0 Å². The first-order valence-corrected chi connectivity index (χ1v) is 9.40. The highest BCUT2D eigenvalue weighted by Crippen LogP contribution is 2.40. The Labute approximate surface area is 149 Å². The zero-order valence-electron chi connectivity index (χ0n) is 12.8. The highest BCUT2D eigenvalue weighted by Gasteiger charge is 2.37. The van der Waals surface area contributed by atoms with E-state index in [1.807, 2.05) is 42.1 Å². The normalized spacial score (nSPS) is 18.8. The molecule has 2 aromatic carbocycles. The number of rotatable bonds is 1. The van der Waals surface area contributed by atoms with Crippen LogP contribution in [-0.2, 0) is 0 Å². The molecule has 118 valence electrons. The van der Waals surface area contributed by atoms with E-state index in [1.54, 1.807) is 0 Å². The monoisotopic (exact) mass is 350 g/mol. The van der Waals surface area contributed by atoms with Crippen LogP contribution in [0.25, 0.3) is 17.1 Å². The lowest BCUT2D eigenvalue weighted by molar-refractivity contribution is 0.405. The van der Waals surface area contributed by atoms with Gasteiger partial charge in [0, 0.05) is 16.9 Å². The van der Waals surface area contributed by atoms with Crippen molar-refractivity contribution in [3.63, 3.8) is 0 Å². The standard InChI is InChI=1S/C18H14N4S2/c23-18-13-8-4-5-9-14(13)22-16(12-6-2-1-3-7-12)19-20-17(22)15-10-24-11-21(15)18/h1-9,15H,10-11H2/t15-/m0/s1. The SMILES string of the molecule is S=C1c2ccccc2-n2c(-c3ccccc3)nnc2[C@@H]2CSCN12. The van der Waals surface area contributed by atoms with Crippen LogP contribution in [0.4, 0.5) is 0 Å². The molecule has 0 radical (unpaired) electrons. The number of hydrogen-bond acceptors (Lipinski definition) is 4. The van der Waals surface area contributed by atoms with Crippen LogP contribution in [0.2, 0.25) is 0 Å². The van der Waals surface area contributed by atoms with Gasteiger partial charge in [0.1, 0.15) is 11.0 Å². The Morgan fingerprint density at radius 3 is 2.67 bits per heavy atom. The number of nitrogens with zero attached hydrogens (tertiary/aromatic N) is 4. The summed E-state index contributed by atoms with van der Waals surface area (Å²) in [6, 6.07) is 18.7. The number of para-hydroxylation sites is 1. The molecule has 0 spiro atoms. The maximum absolute atomic E-state index is 5.81. The van der Waals surface area contributed by atoms with Gasteiger partial charge in [-0.25, -0.2) is 0 Å². The lowest BCUT2D eigenvalue weighted by Gasteiger charge is -2.22. The van der Waals surface area contributed by atoms with Gasteiger partial charge >= 0.3 is 0 Å². The summed E-state index contributed by atoms with van der Waals surface area (Å²) in [5.74, 6) is 3.75. The Kier molecular flexibility index (Phi) is 3.21. The predicted octanol–water partition coefficient (Wildman–Crippen LogP) is 3.67. The summed E-state index contributed by atoms with van der Waals surface area (Å²) >= 11 is 7.70. The quantitative estimate of drug-likeness (QED) is 0.626. The van der Waals surface area contributed by atoms with E-state index in [9.17, 15) is 0 Å². The number of benzene rings is 2. The lowest BCUT2D eigenvalue weighted by Crippen LogP contribution is -2.29. The van der Waals surface area contributed by atoms with Crippen molar-refractivity contribution < 1.29 is 0 Å². The molecule has 0 bridgehead atoms. The van der Waals surface area contributed by atoms with E-state index in [2.05, 4.69) is 43.9 Å². The summed E-state index contributed by atoms with van der Waals surface area (Å²) in [5, 5.41) is 9.10. The second-order valence-electron chi connectivity index (χ2n) is 5.89. The van der Waals surface area contributed by atoms with E-state index in [0.29, 0.717) is 0 Å². The molecule has 2 aliphatic rings. The Bertz CT molecular complexity index is 935. The summed E-state index contributed by atoms with van der Waals surface area (Å²) in [4.78, 5) is 3.19. The number of aromatic nitrogens is 3. The third kappa shape index (κ3) is 1.96. The zero-order valence-corrected chi connectivity index (χ0v) is 14.4. The molecule has 0 N–H and O–H groups in total. The van der Waals surface area contributed by atoms with Crippen LogP contribution in [0, 0.1) is 0 Å². The summed E-state index contributed by atoms with van der Waals surface area (Å²) in [7, 11) is 0. The first kappa shape index (κ1) is 14.2. The van der Waals surface area contributed by atoms with Crippen molar-refractivity contribution in [1.29, 1.82) is 0 Å². The Balaban J connectivity index is 1.83. The maximum Gasteiger partial charge on any atom is 0.168 e. The van der Waals surface area contributed by atoms with Crippen molar-refractivity contribution in [2.75, 3.05) is 11.6 Å². The Hall–Kier alpha value is -2.18. The molecule has 3 heterocycles. The molecule has 5 rings (SSSR count). The fourth-order valence-electron chi connectivity index (χ4n) is 3.38. The maximum atomic E-state index is 5.81. The molecule has 1 saturated heterocycles. The van der Waals surface area contributed by atoms with Crippen LogP contribution in [0.15, 0.2) is 54.6 Å². The highest BCUT2D eigenvalue weighted by atomic mass is 32.2. The van der Waals surface area contributed by atoms with E-state index < -0.39 is 0 Å². The van der Waals surface area contributed by atoms with Crippen molar-refractivity contribution >= 4 is 29.0 Å². The van der Waals surface area contributed by atoms with Crippen molar-refractivity contribution in [3.05, 3.63) is 66.0 Å². The topological polar surface area (TPSA) is 34.0 Å². The first-order chi connectivity index (χ1) is 11.8. The van der Waals surface area contributed by atoms with Gasteiger partial charge in [-0.15, -0.1) is 22.0 Å². The minimum atomic E-state index is 0.180. The predicted molar refractivity (Wildman–Crippen MR) is 100 cm³/mol. The van der Waals surface area contributed by atoms with E-state index in [4.69, 9.17) is 12.2 Å². The van der Waals surface area contributed by atoms with Crippen LogP contribution in [0.5, 0.6) is 0 Å². The Morgan fingerprint density at radius 2 is 1.79 bits per heavy atom. The molecule has 0 aliphatic carbocycles. The summed E-state index contributed by atoms with van der Waals surface area (Å²) in [6.45, 7) is 0. The minimum Gasteiger partial charge on any atom is -0.342 e. The molecule has 24 heavy (non-hydrogen) atoms. The number of hydrogen-bond donors (Lipinski definition) is 0. The van der Waals surface area contributed by atoms with Gasteiger partial charge in [0.05, 0.1) is 11.6 Å². The lowest BCUT2D eigenvalue weighted by atomic mass is 10.1. The van der Waals surface area contributed by atoms with Gasteiger partial charge in [-0.3, -0.25) is 4.57 Å². The van der Waals surface area contributed by atoms with Crippen molar-refractivity contribution in [1.82, 2.24) is 19.7 Å². The average Bonchev–Trinajstić information content (AvgIpc) is 3.26. The average molecular weight is 350 g/mol. The first-order valence-electron chi connectivity index (χ1n) is 7.83. The molecule has 6 heteroatoms. The van der Waals surface area contributed by atoms with Gasteiger partial charge in [-0.05, 0) is 12.1 Å². The third-order valence-electron chi connectivity index (χ3n) is 4.54. The van der Waals surface area contributed by atoms with E-state index in [-0.39, 0.29) is 6.04 Å². The van der Waals surface area contributed by atoms with Crippen molar-refractivity contribution in [2.24, 2.45) is 0 Å². The van der Waals surface area contributed by atoms with Crippen LogP contribution in [-0.4, -0.2) is 36.3 Å². The summed E-state index contributed by atoms with van der Waals surface area (Å²) in [6.07, 6.45) is 0. The second-order valence-corrected chi connectivity index (χ2v) is 7.28.